The molecule has 0 amide bonds. The van der Waals surface area contributed by atoms with Crippen LogP contribution in [0, 0.1) is 41.5 Å². The SMILES string of the molecule is Cc1cc(C)c(C(=C(O)c2ccc(C(F)(F)F)cc2)c2c(C)cc(C)cc2C)c(C)c1. The van der Waals surface area contributed by atoms with Gasteiger partial charge in [0, 0.05) is 11.1 Å². The monoisotopic (exact) mass is 424 g/mol. The van der Waals surface area contributed by atoms with E-state index in [0.717, 1.165) is 56.6 Å². The first-order valence-electron chi connectivity index (χ1n) is 10.2. The highest BCUT2D eigenvalue weighted by Crippen LogP contribution is 2.39. The van der Waals surface area contributed by atoms with Crippen LogP contribution in [0.15, 0.2) is 48.5 Å². The van der Waals surface area contributed by atoms with Gasteiger partial charge in [0.25, 0.3) is 0 Å². The predicted octanol–water partition coefficient (Wildman–Crippen LogP) is 8.03. The van der Waals surface area contributed by atoms with Gasteiger partial charge in [0.05, 0.1) is 5.56 Å². The minimum absolute atomic E-state index is 0.0289. The van der Waals surface area contributed by atoms with E-state index in [0.29, 0.717) is 11.1 Å². The number of rotatable bonds is 3. The normalized spacial score (nSPS) is 11.5. The zero-order chi connectivity index (χ0) is 23.1. The first-order chi connectivity index (χ1) is 14.4. The Hall–Kier alpha value is -3.01. The summed E-state index contributed by atoms with van der Waals surface area (Å²) in [7, 11) is 0. The molecule has 0 fully saturated rings. The zero-order valence-electron chi connectivity index (χ0n) is 18.7. The predicted molar refractivity (Wildman–Crippen MR) is 121 cm³/mol. The second-order valence-electron chi connectivity index (χ2n) is 8.35. The molecule has 0 aliphatic rings. The van der Waals surface area contributed by atoms with Gasteiger partial charge in [-0.15, -0.1) is 0 Å². The van der Waals surface area contributed by atoms with Gasteiger partial charge >= 0.3 is 6.18 Å². The molecule has 0 aliphatic carbocycles. The van der Waals surface area contributed by atoms with Gasteiger partial charge in [-0.05, 0) is 87.1 Å². The van der Waals surface area contributed by atoms with Crippen molar-refractivity contribution >= 4 is 11.3 Å². The number of aliphatic hydroxyl groups excluding tert-OH is 1. The van der Waals surface area contributed by atoms with E-state index in [-0.39, 0.29) is 5.76 Å². The first kappa shape index (κ1) is 22.7. The molecule has 4 heteroatoms. The van der Waals surface area contributed by atoms with Crippen LogP contribution in [0.5, 0.6) is 0 Å². The summed E-state index contributed by atoms with van der Waals surface area (Å²) < 4.78 is 39.1. The van der Waals surface area contributed by atoms with Gasteiger partial charge in [-0.3, -0.25) is 0 Å². The van der Waals surface area contributed by atoms with Crippen LogP contribution in [-0.2, 0) is 6.18 Å². The molecule has 0 radical (unpaired) electrons. The molecular weight excluding hydrogens is 397 g/mol. The molecule has 3 aromatic rings. The van der Waals surface area contributed by atoms with Crippen LogP contribution in [0.4, 0.5) is 13.2 Å². The third-order valence-electron chi connectivity index (χ3n) is 5.58. The molecule has 31 heavy (non-hydrogen) atoms. The molecule has 0 aromatic heterocycles. The lowest BCUT2D eigenvalue weighted by atomic mass is 9.83. The summed E-state index contributed by atoms with van der Waals surface area (Å²) in [5.41, 5.74) is 8.30. The van der Waals surface area contributed by atoms with Crippen LogP contribution in [0.3, 0.4) is 0 Å². The van der Waals surface area contributed by atoms with Gasteiger partial charge in [0.1, 0.15) is 5.76 Å². The van der Waals surface area contributed by atoms with E-state index >= 15 is 0 Å². The number of hydrogen-bond donors (Lipinski definition) is 1. The summed E-state index contributed by atoms with van der Waals surface area (Å²) in [4.78, 5) is 0. The van der Waals surface area contributed by atoms with Gasteiger partial charge < -0.3 is 5.11 Å². The molecule has 0 saturated carbocycles. The standard InChI is InChI=1S/C27H27F3O/c1-15-11-17(3)23(18(4)12-15)25(24-19(5)13-16(2)14-20(24)6)26(31)21-7-9-22(10-8-21)27(28,29)30/h7-14,31H,1-6H3. The van der Waals surface area contributed by atoms with Gasteiger partial charge in [-0.2, -0.15) is 13.2 Å². The average Bonchev–Trinajstić information content (AvgIpc) is 2.64. The number of aliphatic hydroxyl groups is 1. The summed E-state index contributed by atoms with van der Waals surface area (Å²) in [5.74, 6) is -0.0289. The van der Waals surface area contributed by atoms with Crippen molar-refractivity contribution in [3.8, 4) is 0 Å². The highest BCUT2D eigenvalue weighted by molar-refractivity contribution is 5.99. The minimum Gasteiger partial charge on any atom is -0.507 e. The van der Waals surface area contributed by atoms with E-state index in [2.05, 4.69) is 24.3 Å². The van der Waals surface area contributed by atoms with Crippen molar-refractivity contribution in [2.24, 2.45) is 0 Å². The zero-order valence-corrected chi connectivity index (χ0v) is 18.7. The smallest absolute Gasteiger partial charge is 0.416 e. The van der Waals surface area contributed by atoms with Crippen molar-refractivity contribution in [2.45, 2.75) is 47.7 Å². The fourth-order valence-electron chi connectivity index (χ4n) is 4.47. The third-order valence-corrected chi connectivity index (χ3v) is 5.58. The number of halogens is 3. The van der Waals surface area contributed by atoms with Crippen molar-refractivity contribution in [1.82, 2.24) is 0 Å². The fourth-order valence-corrected chi connectivity index (χ4v) is 4.47. The summed E-state index contributed by atoms with van der Waals surface area (Å²) >= 11 is 0. The van der Waals surface area contributed by atoms with E-state index in [1.807, 2.05) is 41.5 Å². The second kappa shape index (κ2) is 8.26. The van der Waals surface area contributed by atoms with E-state index in [4.69, 9.17) is 0 Å². The van der Waals surface area contributed by atoms with Crippen LogP contribution in [0.25, 0.3) is 11.3 Å². The molecule has 0 spiro atoms. The Morgan fingerprint density at radius 2 is 1.00 bits per heavy atom. The Balaban J connectivity index is 2.37. The van der Waals surface area contributed by atoms with Gasteiger partial charge in [-0.1, -0.05) is 47.5 Å². The van der Waals surface area contributed by atoms with Crippen molar-refractivity contribution in [1.29, 1.82) is 0 Å². The molecule has 0 unspecified atom stereocenters. The van der Waals surface area contributed by atoms with Crippen LogP contribution >= 0.6 is 0 Å². The van der Waals surface area contributed by atoms with Crippen molar-refractivity contribution in [3.05, 3.63) is 104 Å². The Bertz CT molecular complexity index is 1060. The quantitative estimate of drug-likeness (QED) is 0.333. The Morgan fingerprint density at radius 1 is 0.645 bits per heavy atom. The van der Waals surface area contributed by atoms with Crippen molar-refractivity contribution < 1.29 is 18.3 Å². The maximum atomic E-state index is 13.0. The van der Waals surface area contributed by atoms with Crippen molar-refractivity contribution in [2.75, 3.05) is 0 Å². The number of hydrogen-bond acceptors (Lipinski definition) is 1. The largest absolute Gasteiger partial charge is 0.507 e. The highest BCUT2D eigenvalue weighted by atomic mass is 19.4. The lowest BCUT2D eigenvalue weighted by Gasteiger charge is -2.22. The molecule has 162 valence electrons. The number of aryl methyl sites for hydroxylation is 6. The van der Waals surface area contributed by atoms with E-state index in [9.17, 15) is 18.3 Å². The third kappa shape index (κ3) is 4.53. The topological polar surface area (TPSA) is 20.2 Å². The second-order valence-corrected chi connectivity index (χ2v) is 8.35. The van der Waals surface area contributed by atoms with Crippen LogP contribution < -0.4 is 0 Å². The number of benzene rings is 3. The number of alkyl halides is 3. The molecular formula is C27H27F3O. The van der Waals surface area contributed by atoms with Crippen LogP contribution in [0.1, 0.15) is 55.6 Å². The van der Waals surface area contributed by atoms with Gasteiger partial charge in [-0.25, -0.2) is 0 Å². The Morgan fingerprint density at radius 3 is 1.32 bits per heavy atom. The van der Waals surface area contributed by atoms with Crippen molar-refractivity contribution in [3.63, 3.8) is 0 Å². The average molecular weight is 425 g/mol. The highest BCUT2D eigenvalue weighted by Gasteiger charge is 2.30. The summed E-state index contributed by atoms with van der Waals surface area (Å²) in [6.07, 6.45) is -4.42. The van der Waals surface area contributed by atoms with E-state index in [1.165, 1.54) is 12.1 Å². The van der Waals surface area contributed by atoms with E-state index < -0.39 is 11.7 Å². The summed E-state index contributed by atoms with van der Waals surface area (Å²) in [6, 6.07) is 12.9. The Labute approximate surface area is 181 Å². The minimum atomic E-state index is -4.42. The van der Waals surface area contributed by atoms with Crippen LogP contribution in [-0.4, -0.2) is 5.11 Å². The molecule has 1 nitrogen and oxygen atoms in total. The first-order valence-corrected chi connectivity index (χ1v) is 10.2. The molecule has 0 atom stereocenters. The molecule has 3 aromatic carbocycles. The lowest BCUT2D eigenvalue weighted by molar-refractivity contribution is -0.137. The maximum absolute atomic E-state index is 13.0. The lowest BCUT2D eigenvalue weighted by Crippen LogP contribution is -2.06. The summed E-state index contributed by atoms with van der Waals surface area (Å²) in [5, 5.41) is 11.4. The van der Waals surface area contributed by atoms with E-state index in [1.54, 1.807) is 0 Å². The maximum Gasteiger partial charge on any atom is 0.416 e. The Kier molecular flexibility index (Phi) is 6.04. The van der Waals surface area contributed by atoms with Gasteiger partial charge in [0.2, 0.25) is 0 Å². The molecule has 0 heterocycles. The molecule has 0 saturated heterocycles. The molecule has 1 N–H and O–H groups in total. The summed E-state index contributed by atoms with van der Waals surface area (Å²) in [6.45, 7) is 12.0. The van der Waals surface area contributed by atoms with Gasteiger partial charge in [0.15, 0.2) is 0 Å². The molecule has 3 rings (SSSR count). The molecule has 0 bridgehead atoms. The molecule has 0 aliphatic heterocycles. The van der Waals surface area contributed by atoms with Crippen LogP contribution in [0.2, 0.25) is 0 Å². The fraction of sp³-hybridized carbons (Fsp3) is 0.259.